The molecular weight excluding hydrogens is 246 g/mol. The summed E-state index contributed by atoms with van der Waals surface area (Å²) >= 11 is 0. The molecule has 0 bridgehead atoms. The Bertz CT molecular complexity index is 428. The molecule has 0 aromatic carbocycles. The molecule has 1 aliphatic heterocycles. The monoisotopic (exact) mass is 267 g/mol. The molecule has 0 aliphatic carbocycles. The maximum atomic E-state index is 9.96. The Morgan fingerprint density at radius 2 is 2.00 bits per heavy atom. The molecule has 0 radical (unpaired) electrons. The summed E-state index contributed by atoms with van der Waals surface area (Å²) in [5, 5.41) is 13.0. The van der Waals surface area contributed by atoms with Gasteiger partial charge in [0.25, 0.3) is 0 Å². The molecule has 0 amide bonds. The van der Waals surface area contributed by atoms with Gasteiger partial charge in [-0.25, -0.2) is 0 Å². The number of rotatable bonds is 4. The molecule has 1 fully saturated rings. The number of aliphatic hydroxyl groups is 1. The molecule has 2 rings (SSSR count). The fraction of sp³-hybridized carbons (Fsp3) is 0.750. The standard InChI is InChI=1S/C12H21N5O2/c1-4-13-9-14-10(16-11(15-9)19-3)17-7-5-12(2,18)6-8-17/h18H,4-8H2,1-3H3,(H,13,14,15,16). The van der Waals surface area contributed by atoms with E-state index in [1.807, 2.05) is 18.7 Å². The lowest BCUT2D eigenvalue weighted by Gasteiger charge is -2.35. The van der Waals surface area contributed by atoms with Gasteiger partial charge < -0.3 is 20.1 Å². The van der Waals surface area contributed by atoms with Crippen LogP contribution in [0.3, 0.4) is 0 Å². The van der Waals surface area contributed by atoms with Crippen molar-refractivity contribution in [2.45, 2.75) is 32.3 Å². The first-order valence-corrected chi connectivity index (χ1v) is 6.55. The molecule has 106 valence electrons. The third-order valence-electron chi connectivity index (χ3n) is 3.24. The van der Waals surface area contributed by atoms with Crippen molar-refractivity contribution in [1.82, 2.24) is 15.0 Å². The number of nitrogens with one attached hydrogen (secondary N) is 1. The Hall–Kier alpha value is -1.63. The second kappa shape index (κ2) is 5.56. The predicted octanol–water partition coefficient (Wildman–Crippen LogP) is 0.663. The Morgan fingerprint density at radius 1 is 1.32 bits per heavy atom. The highest BCUT2D eigenvalue weighted by atomic mass is 16.5. The summed E-state index contributed by atoms with van der Waals surface area (Å²) in [4.78, 5) is 14.8. The number of nitrogens with zero attached hydrogens (tertiary/aromatic N) is 4. The van der Waals surface area contributed by atoms with Crippen LogP contribution in [0.5, 0.6) is 6.01 Å². The van der Waals surface area contributed by atoms with Crippen LogP contribution in [-0.4, -0.2) is 52.4 Å². The van der Waals surface area contributed by atoms with E-state index in [4.69, 9.17) is 4.74 Å². The summed E-state index contributed by atoms with van der Waals surface area (Å²) in [6.45, 7) is 6.04. The molecule has 1 saturated heterocycles. The van der Waals surface area contributed by atoms with Gasteiger partial charge in [-0.15, -0.1) is 0 Å². The normalized spacial score (nSPS) is 18.2. The van der Waals surface area contributed by atoms with Crippen LogP contribution in [0.25, 0.3) is 0 Å². The van der Waals surface area contributed by atoms with Crippen LogP contribution in [0.2, 0.25) is 0 Å². The Balaban J connectivity index is 2.17. The lowest BCUT2D eigenvalue weighted by atomic mass is 9.94. The quantitative estimate of drug-likeness (QED) is 0.829. The lowest BCUT2D eigenvalue weighted by Crippen LogP contribution is -2.43. The summed E-state index contributed by atoms with van der Waals surface area (Å²) in [5.41, 5.74) is -0.585. The zero-order chi connectivity index (χ0) is 13.9. The largest absolute Gasteiger partial charge is 0.467 e. The molecule has 1 aliphatic rings. The van der Waals surface area contributed by atoms with E-state index in [1.165, 1.54) is 7.11 Å². The third kappa shape index (κ3) is 3.44. The summed E-state index contributed by atoms with van der Waals surface area (Å²) in [5.74, 6) is 1.11. The van der Waals surface area contributed by atoms with E-state index >= 15 is 0 Å². The van der Waals surface area contributed by atoms with Crippen molar-refractivity contribution in [2.24, 2.45) is 0 Å². The van der Waals surface area contributed by atoms with Crippen molar-refractivity contribution >= 4 is 11.9 Å². The minimum absolute atomic E-state index is 0.304. The Labute approximate surface area is 113 Å². The van der Waals surface area contributed by atoms with E-state index in [1.54, 1.807) is 0 Å². The van der Waals surface area contributed by atoms with E-state index in [2.05, 4.69) is 20.3 Å². The number of ether oxygens (including phenoxy) is 1. The second-order valence-corrected chi connectivity index (χ2v) is 4.96. The molecule has 1 aromatic rings. The minimum Gasteiger partial charge on any atom is -0.467 e. The molecule has 7 heteroatoms. The molecule has 2 heterocycles. The van der Waals surface area contributed by atoms with Gasteiger partial charge in [-0.2, -0.15) is 15.0 Å². The summed E-state index contributed by atoms with van der Waals surface area (Å²) in [6, 6.07) is 0.304. The molecular formula is C12H21N5O2. The fourth-order valence-corrected chi connectivity index (χ4v) is 2.00. The highest BCUT2D eigenvalue weighted by Crippen LogP contribution is 2.24. The first-order chi connectivity index (χ1) is 9.04. The van der Waals surface area contributed by atoms with Crippen molar-refractivity contribution in [1.29, 1.82) is 0 Å². The van der Waals surface area contributed by atoms with Crippen LogP contribution in [0.4, 0.5) is 11.9 Å². The van der Waals surface area contributed by atoms with E-state index in [0.29, 0.717) is 30.7 Å². The molecule has 2 N–H and O–H groups in total. The zero-order valence-corrected chi connectivity index (χ0v) is 11.7. The van der Waals surface area contributed by atoms with Crippen molar-refractivity contribution in [3.63, 3.8) is 0 Å². The molecule has 0 saturated carbocycles. The van der Waals surface area contributed by atoms with Crippen LogP contribution in [0.15, 0.2) is 0 Å². The Kier molecular flexibility index (Phi) is 4.04. The number of piperidine rings is 1. The highest BCUT2D eigenvalue weighted by molar-refractivity contribution is 5.38. The minimum atomic E-state index is -0.585. The molecule has 19 heavy (non-hydrogen) atoms. The zero-order valence-electron chi connectivity index (χ0n) is 11.7. The molecule has 0 spiro atoms. The van der Waals surface area contributed by atoms with Gasteiger partial charge >= 0.3 is 6.01 Å². The lowest BCUT2D eigenvalue weighted by molar-refractivity contribution is 0.0348. The maximum Gasteiger partial charge on any atom is 0.322 e. The second-order valence-electron chi connectivity index (χ2n) is 4.96. The first kappa shape index (κ1) is 13.8. The summed E-state index contributed by atoms with van der Waals surface area (Å²) in [6.07, 6.45) is 1.41. The fourth-order valence-electron chi connectivity index (χ4n) is 2.00. The number of hydrogen-bond acceptors (Lipinski definition) is 7. The maximum absolute atomic E-state index is 9.96. The molecule has 0 atom stereocenters. The van der Waals surface area contributed by atoms with Gasteiger partial charge in [-0.1, -0.05) is 0 Å². The van der Waals surface area contributed by atoms with Crippen LogP contribution >= 0.6 is 0 Å². The van der Waals surface area contributed by atoms with Gasteiger partial charge in [0.05, 0.1) is 12.7 Å². The van der Waals surface area contributed by atoms with Crippen LogP contribution in [0.1, 0.15) is 26.7 Å². The summed E-state index contributed by atoms with van der Waals surface area (Å²) in [7, 11) is 1.54. The average Bonchev–Trinajstić information content (AvgIpc) is 2.38. The number of hydrogen-bond donors (Lipinski definition) is 2. The highest BCUT2D eigenvalue weighted by Gasteiger charge is 2.28. The summed E-state index contributed by atoms with van der Waals surface area (Å²) < 4.78 is 5.10. The predicted molar refractivity (Wildman–Crippen MR) is 72.6 cm³/mol. The SMILES string of the molecule is CCNc1nc(OC)nc(N2CCC(C)(O)CC2)n1. The van der Waals surface area contributed by atoms with Gasteiger partial charge in [0.2, 0.25) is 11.9 Å². The van der Waals surface area contributed by atoms with Gasteiger partial charge in [0.15, 0.2) is 0 Å². The number of methoxy groups -OCH3 is 1. The van der Waals surface area contributed by atoms with Crippen LogP contribution in [0, 0.1) is 0 Å². The van der Waals surface area contributed by atoms with E-state index in [-0.39, 0.29) is 0 Å². The van der Waals surface area contributed by atoms with Gasteiger partial charge in [0.1, 0.15) is 0 Å². The van der Waals surface area contributed by atoms with Crippen LogP contribution < -0.4 is 15.0 Å². The molecule has 7 nitrogen and oxygen atoms in total. The van der Waals surface area contributed by atoms with Crippen LogP contribution in [-0.2, 0) is 0 Å². The number of aromatic nitrogens is 3. The van der Waals surface area contributed by atoms with E-state index < -0.39 is 5.60 Å². The topological polar surface area (TPSA) is 83.4 Å². The Morgan fingerprint density at radius 3 is 2.58 bits per heavy atom. The van der Waals surface area contributed by atoms with Gasteiger partial charge in [0, 0.05) is 19.6 Å². The van der Waals surface area contributed by atoms with Crippen molar-refractivity contribution in [3.05, 3.63) is 0 Å². The third-order valence-corrected chi connectivity index (χ3v) is 3.24. The van der Waals surface area contributed by atoms with Crippen molar-refractivity contribution in [3.8, 4) is 6.01 Å². The number of anilines is 2. The molecule has 1 aromatic heterocycles. The van der Waals surface area contributed by atoms with Gasteiger partial charge in [-0.05, 0) is 26.7 Å². The van der Waals surface area contributed by atoms with E-state index in [9.17, 15) is 5.11 Å². The average molecular weight is 267 g/mol. The van der Waals surface area contributed by atoms with Crippen molar-refractivity contribution < 1.29 is 9.84 Å². The van der Waals surface area contributed by atoms with E-state index in [0.717, 1.165) is 19.6 Å². The van der Waals surface area contributed by atoms with Gasteiger partial charge in [-0.3, -0.25) is 0 Å². The molecule has 0 unspecified atom stereocenters. The smallest absolute Gasteiger partial charge is 0.322 e. The van der Waals surface area contributed by atoms with Crippen molar-refractivity contribution in [2.75, 3.05) is 37.0 Å². The first-order valence-electron chi connectivity index (χ1n) is 6.55.